The second kappa shape index (κ2) is 8.57. The van der Waals surface area contributed by atoms with Gasteiger partial charge in [-0.25, -0.2) is 4.68 Å². The molecule has 0 saturated carbocycles. The van der Waals surface area contributed by atoms with Crippen molar-refractivity contribution in [2.75, 3.05) is 13.6 Å². The van der Waals surface area contributed by atoms with Crippen molar-refractivity contribution in [3.8, 4) is 0 Å². The number of nitrogens with one attached hydrogen (secondary N) is 1. The van der Waals surface area contributed by atoms with E-state index in [1.54, 1.807) is 13.2 Å². The fourth-order valence-electron chi connectivity index (χ4n) is 4.11. The average Bonchev–Trinajstić information content (AvgIpc) is 3.35. The van der Waals surface area contributed by atoms with E-state index in [0.717, 1.165) is 30.8 Å². The molecule has 1 aliphatic heterocycles. The van der Waals surface area contributed by atoms with Gasteiger partial charge in [-0.1, -0.05) is 17.7 Å². The summed E-state index contributed by atoms with van der Waals surface area (Å²) in [6.45, 7) is 2.43. The molecule has 1 fully saturated rings. The molecule has 3 aromatic rings. The standard InChI is InChI=1S/C21H27N7O/c1-22-21(29)20-9-8-18(26(20)2)19-7-3-4-11-27(19)14-17-15-28(25-24-17)13-16-6-5-10-23-12-16/h5-6,8-10,12,15,19H,3-4,7,11,13-14H2,1-2H3,(H,22,29)/t19-/m1/s1. The van der Waals surface area contributed by atoms with E-state index >= 15 is 0 Å². The molecular formula is C21H27N7O. The molecule has 1 N–H and O–H groups in total. The number of carbonyl (C=O) groups excluding carboxylic acids is 1. The first kappa shape index (κ1) is 19.3. The molecule has 0 radical (unpaired) electrons. The molecule has 8 heteroatoms. The van der Waals surface area contributed by atoms with Crippen LogP contribution in [0.15, 0.2) is 42.9 Å². The highest BCUT2D eigenvalue weighted by Crippen LogP contribution is 2.32. The lowest BCUT2D eigenvalue weighted by Crippen LogP contribution is -2.34. The van der Waals surface area contributed by atoms with Gasteiger partial charge < -0.3 is 9.88 Å². The van der Waals surface area contributed by atoms with Crippen molar-refractivity contribution in [2.45, 2.75) is 38.4 Å². The van der Waals surface area contributed by atoms with Crippen LogP contribution in [0.5, 0.6) is 0 Å². The maximum absolute atomic E-state index is 12.1. The largest absolute Gasteiger partial charge is 0.354 e. The maximum Gasteiger partial charge on any atom is 0.267 e. The zero-order chi connectivity index (χ0) is 20.2. The van der Waals surface area contributed by atoms with Crippen LogP contribution in [0.2, 0.25) is 0 Å². The van der Waals surface area contributed by atoms with Crippen LogP contribution in [0.1, 0.15) is 52.7 Å². The highest BCUT2D eigenvalue weighted by molar-refractivity contribution is 5.92. The predicted octanol–water partition coefficient (Wildman–Crippen LogP) is 2.15. The second-order valence-corrected chi connectivity index (χ2v) is 7.53. The van der Waals surface area contributed by atoms with Gasteiger partial charge in [-0.15, -0.1) is 5.10 Å². The Balaban J connectivity index is 1.49. The minimum absolute atomic E-state index is 0.0561. The fourth-order valence-corrected chi connectivity index (χ4v) is 4.11. The van der Waals surface area contributed by atoms with Crippen LogP contribution >= 0.6 is 0 Å². The van der Waals surface area contributed by atoms with Crippen LogP contribution in [0.3, 0.4) is 0 Å². The maximum atomic E-state index is 12.1. The lowest BCUT2D eigenvalue weighted by atomic mass is 9.99. The van der Waals surface area contributed by atoms with E-state index in [9.17, 15) is 4.79 Å². The Morgan fingerprint density at radius 1 is 1.24 bits per heavy atom. The van der Waals surface area contributed by atoms with Crippen molar-refractivity contribution in [1.82, 2.24) is 34.8 Å². The molecule has 1 amide bonds. The molecule has 4 rings (SSSR count). The number of amides is 1. The molecule has 8 nitrogen and oxygen atoms in total. The van der Waals surface area contributed by atoms with Crippen LogP contribution in [0.25, 0.3) is 0 Å². The van der Waals surface area contributed by atoms with Gasteiger partial charge >= 0.3 is 0 Å². The molecule has 1 atom stereocenters. The molecule has 1 aliphatic rings. The first-order valence-corrected chi connectivity index (χ1v) is 10.1. The zero-order valence-electron chi connectivity index (χ0n) is 17.0. The predicted molar refractivity (Wildman–Crippen MR) is 109 cm³/mol. The minimum atomic E-state index is -0.0561. The summed E-state index contributed by atoms with van der Waals surface area (Å²) >= 11 is 0. The van der Waals surface area contributed by atoms with Gasteiger partial charge in [-0.05, 0) is 43.1 Å². The lowest BCUT2D eigenvalue weighted by molar-refractivity contribution is 0.0952. The summed E-state index contributed by atoms with van der Waals surface area (Å²) in [4.78, 5) is 18.7. The second-order valence-electron chi connectivity index (χ2n) is 7.53. The third-order valence-electron chi connectivity index (χ3n) is 5.59. The summed E-state index contributed by atoms with van der Waals surface area (Å²) in [6.07, 6.45) is 9.07. The van der Waals surface area contributed by atoms with Crippen molar-refractivity contribution in [3.05, 3.63) is 65.5 Å². The van der Waals surface area contributed by atoms with Gasteiger partial charge in [0.2, 0.25) is 0 Å². The van der Waals surface area contributed by atoms with Crippen molar-refractivity contribution >= 4 is 5.91 Å². The monoisotopic (exact) mass is 393 g/mol. The Labute approximate surface area is 170 Å². The first-order valence-electron chi connectivity index (χ1n) is 10.1. The number of rotatable bonds is 6. The minimum Gasteiger partial charge on any atom is -0.354 e. The summed E-state index contributed by atoms with van der Waals surface area (Å²) in [5.41, 5.74) is 3.92. The molecule has 29 heavy (non-hydrogen) atoms. The molecule has 0 unspecified atom stereocenters. The van der Waals surface area contributed by atoms with Gasteiger partial charge in [-0.3, -0.25) is 14.7 Å². The number of aromatic nitrogens is 5. The topological polar surface area (TPSA) is 80.9 Å². The highest BCUT2D eigenvalue weighted by Gasteiger charge is 2.28. The van der Waals surface area contributed by atoms with Gasteiger partial charge in [0.15, 0.2) is 0 Å². The molecule has 0 bridgehead atoms. The molecule has 3 aromatic heterocycles. The molecule has 0 spiro atoms. The first-order chi connectivity index (χ1) is 14.2. The lowest BCUT2D eigenvalue weighted by Gasteiger charge is -2.35. The van der Waals surface area contributed by atoms with Gasteiger partial charge in [-0.2, -0.15) is 0 Å². The Kier molecular flexibility index (Phi) is 5.71. The Morgan fingerprint density at radius 2 is 2.14 bits per heavy atom. The molecule has 152 valence electrons. The molecule has 0 aliphatic carbocycles. The van der Waals surface area contributed by atoms with Crippen molar-refractivity contribution < 1.29 is 4.79 Å². The van der Waals surface area contributed by atoms with Crippen LogP contribution in [-0.4, -0.2) is 48.9 Å². The van der Waals surface area contributed by atoms with Crippen LogP contribution < -0.4 is 5.32 Å². The number of piperidine rings is 1. The summed E-state index contributed by atoms with van der Waals surface area (Å²) < 4.78 is 3.87. The van der Waals surface area contributed by atoms with Gasteiger partial charge in [0.05, 0.1) is 24.5 Å². The van der Waals surface area contributed by atoms with Gasteiger partial charge in [0, 0.05) is 38.7 Å². The van der Waals surface area contributed by atoms with Crippen LogP contribution in [0.4, 0.5) is 0 Å². The Morgan fingerprint density at radius 3 is 2.93 bits per heavy atom. The third-order valence-corrected chi connectivity index (χ3v) is 5.59. The van der Waals surface area contributed by atoms with Gasteiger partial charge in [0.25, 0.3) is 5.91 Å². The smallest absolute Gasteiger partial charge is 0.267 e. The SMILES string of the molecule is CNC(=O)c1ccc([C@H]2CCCCN2Cc2cn(Cc3cccnc3)nn2)n1C. The average molecular weight is 393 g/mol. The van der Waals surface area contributed by atoms with E-state index in [1.165, 1.54) is 18.5 Å². The number of nitrogens with zero attached hydrogens (tertiary/aromatic N) is 6. The number of pyridine rings is 1. The highest BCUT2D eigenvalue weighted by atomic mass is 16.1. The van der Waals surface area contributed by atoms with E-state index in [4.69, 9.17) is 0 Å². The molecule has 4 heterocycles. The summed E-state index contributed by atoms with van der Waals surface area (Å²) in [7, 11) is 3.63. The number of carbonyl (C=O) groups is 1. The van der Waals surface area contributed by atoms with E-state index < -0.39 is 0 Å². The number of hydrogen-bond donors (Lipinski definition) is 1. The molecule has 1 saturated heterocycles. The zero-order valence-corrected chi connectivity index (χ0v) is 17.0. The normalized spacial score (nSPS) is 17.4. The van der Waals surface area contributed by atoms with Crippen LogP contribution in [0, 0.1) is 0 Å². The third kappa shape index (κ3) is 4.22. The van der Waals surface area contributed by atoms with E-state index in [-0.39, 0.29) is 11.9 Å². The Bertz CT molecular complexity index is 963. The van der Waals surface area contributed by atoms with E-state index in [2.05, 4.69) is 31.6 Å². The quantitative estimate of drug-likeness (QED) is 0.694. The summed E-state index contributed by atoms with van der Waals surface area (Å²) in [6, 6.07) is 8.22. The van der Waals surface area contributed by atoms with Crippen molar-refractivity contribution in [2.24, 2.45) is 7.05 Å². The molecule has 0 aromatic carbocycles. The summed E-state index contributed by atoms with van der Waals surface area (Å²) in [5.74, 6) is -0.0561. The van der Waals surface area contributed by atoms with Crippen LogP contribution in [-0.2, 0) is 20.1 Å². The Hall–Kier alpha value is -3.00. The van der Waals surface area contributed by atoms with E-state index in [1.807, 2.05) is 46.9 Å². The van der Waals surface area contributed by atoms with Crippen molar-refractivity contribution in [1.29, 1.82) is 0 Å². The fraction of sp³-hybridized carbons (Fsp3) is 0.429. The summed E-state index contributed by atoms with van der Waals surface area (Å²) in [5, 5.41) is 11.4. The number of hydrogen-bond acceptors (Lipinski definition) is 5. The van der Waals surface area contributed by atoms with E-state index in [0.29, 0.717) is 12.2 Å². The number of likely N-dealkylation sites (tertiary alicyclic amines) is 1. The van der Waals surface area contributed by atoms with Gasteiger partial charge in [0.1, 0.15) is 5.69 Å². The molecular weight excluding hydrogens is 366 g/mol. The van der Waals surface area contributed by atoms with Crippen molar-refractivity contribution in [3.63, 3.8) is 0 Å².